The van der Waals surface area contributed by atoms with Gasteiger partial charge < -0.3 is 5.73 Å². The first kappa shape index (κ1) is 12.6. The number of aryl methyl sites for hydroxylation is 2. The molecule has 1 heteroatoms. The van der Waals surface area contributed by atoms with Crippen molar-refractivity contribution in [2.24, 2.45) is 5.73 Å². The highest BCUT2D eigenvalue weighted by Gasteiger charge is 1.97. The van der Waals surface area contributed by atoms with E-state index in [1.807, 2.05) is 6.08 Å². The standard InChI is InChI=1S/C15H21N/c1-5-7-13-8-11(3)9-14(10-12(4)16)15(13)6-2/h6,8-10H,4-5,7,16H2,1-3H3/b14-10-,15-6-. The van der Waals surface area contributed by atoms with E-state index in [0.29, 0.717) is 5.70 Å². The van der Waals surface area contributed by atoms with Crippen LogP contribution in [0, 0.1) is 6.92 Å². The zero-order valence-corrected chi connectivity index (χ0v) is 10.5. The van der Waals surface area contributed by atoms with Crippen molar-refractivity contribution in [1.82, 2.24) is 0 Å². The van der Waals surface area contributed by atoms with Crippen LogP contribution in [0.5, 0.6) is 0 Å². The number of nitrogens with two attached hydrogens (primary N) is 1. The van der Waals surface area contributed by atoms with Crippen LogP contribution in [0.3, 0.4) is 0 Å². The lowest BCUT2D eigenvalue weighted by atomic mass is 10.0. The Balaban J connectivity index is 3.56. The Kier molecular flexibility index (Phi) is 4.36. The first-order valence-corrected chi connectivity index (χ1v) is 5.80. The van der Waals surface area contributed by atoms with Crippen molar-refractivity contribution in [2.75, 3.05) is 0 Å². The minimum absolute atomic E-state index is 0.608. The smallest absolute Gasteiger partial charge is 0.0247 e. The third kappa shape index (κ3) is 2.99. The topological polar surface area (TPSA) is 26.0 Å². The van der Waals surface area contributed by atoms with Gasteiger partial charge in [0, 0.05) is 5.70 Å². The lowest BCUT2D eigenvalue weighted by molar-refractivity contribution is 0.911. The van der Waals surface area contributed by atoms with Crippen LogP contribution in [0.1, 0.15) is 31.4 Å². The summed E-state index contributed by atoms with van der Waals surface area (Å²) in [6, 6.07) is 4.42. The van der Waals surface area contributed by atoms with Crippen LogP contribution in [-0.2, 0) is 6.42 Å². The van der Waals surface area contributed by atoms with Gasteiger partial charge in [0.1, 0.15) is 0 Å². The third-order valence-corrected chi connectivity index (χ3v) is 2.59. The Labute approximate surface area is 98.0 Å². The Morgan fingerprint density at radius 1 is 1.44 bits per heavy atom. The van der Waals surface area contributed by atoms with Gasteiger partial charge in [0.25, 0.3) is 0 Å². The first-order valence-electron chi connectivity index (χ1n) is 5.80. The molecule has 0 unspecified atom stereocenters. The molecule has 0 aliphatic heterocycles. The molecular weight excluding hydrogens is 194 g/mol. The fraction of sp³-hybridized carbons (Fsp3) is 0.333. The first-order chi connectivity index (χ1) is 7.58. The second kappa shape index (κ2) is 5.55. The monoisotopic (exact) mass is 215 g/mol. The Hall–Kier alpha value is -1.50. The molecule has 1 nitrogen and oxygen atoms in total. The summed E-state index contributed by atoms with van der Waals surface area (Å²) in [6.07, 6.45) is 6.37. The summed E-state index contributed by atoms with van der Waals surface area (Å²) in [4.78, 5) is 0. The maximum Gasteiger partial charge on any atom is 0.0247 e. The van der Waals surface area contributed by atoms with Crippen LogP contribution in [0.4, 0.5) is 0 Å². The molecule has 1 aromatic carbocycles. The molecule has 0 amide bonds. The average molecular weight is 215 g/mol. The predicted octanol–water partition coefficient (Wildman–Crippen LogP) is 2.00. The third-order valence-electron chi connectivity index (χ3n) is 2.59. The van der Waals surface area contributed by atoms with E-state index in [-0.39, 0.29) is 0 Å². The SMILES string of the molecule is C=C(N)/C=c1/cc(C)cc(CCC)/c1=C/C. The summed E-state index contributed by atoms with van der Waals surface area (Å²) in [6.45, 7) is 10.1. The summed E-state index contributed by atoms with van der Waals surface area (Å²) in [7, 11) is 0. The van der Waals surface area contributed by atoms with E-state index in [4.69, 9.17) is 5.73 Å². The summed E-state index contributed by atoms with van der Waals surface area (Å²) in [5.74, 6) is 0. The normalized spacial score (nSPS) is 13.2. The molecule has 0 aromatic heterocycles. The van der Waals surface area contributed by atoms with Crippen molar-refractivity contribution in [2.45, 2.75) is 33.6 Å². The van der Waals surface area contributed by atoms with Crippen molar-refractivity contribution >= 4 is 12.2 Å². The van der Waals surface area contributed by atoms with E-state index in [2.05, 4.69) is 45.6 Å². The van der Waals surface area contributed by atoms with Gasteiger partial charge in [-0.2, -0.15) is 0 Å². The highest BCUT2D eigenvalue weighted by Crippen LogP contribution is 1.99. The van der Waals surface area contributed by atoms with Gasteiger partial charge in [-0.15, -0.1) is 0 Å². The minimum atomic E-state index is 0.608. The van der Waals surface area contributed by atoms with Crippen LogP contribution in [0.15, 0.2) is 24.4 Å². The molecule has 0 radical (unpaired) electrons. The van der Waals surface area contributed by atoms with Gasteiger partial charge in [-0.1, -0.05) is 43.7 Å². The number of hydrogen-bond donors (Lipinski definition) is 1. The number of rotatable bonds is 3. The molecule has 0 heterocycles. The second-order valence-electron chi connectivity index (χ2n) is 4.18. The fourth-order valence-electron chi connectivity index (χ4n) is 2.05. The van der Waals surface area contributed by atoms with E-state index < -0.39 is 0 Å². The Morgan fingerprint density at radius 2 is 2.12 bits per heavy atom. The van der Waals surface area contributed by atoms with Gasteiger partial charge in [0.15, 0.2) is 0 Å². The van der Waals surface area contributed by atoms with E-state index in [0.717, 1.165) is 12.8 Å². The molecule has 0 saturated heterocycles. The fourth-order valence-corrected chi connectivity index (χ4v) is 2.05. The molecule has 1 rings (SSSR count). The van der Waals surface area contributed by atoms with Gasteiger partial charge in [-0.05, 0) is 42.3 Å². The van der Waals surface area contributed by atoms with Crippen LogP contribution in [-0.4, -0.2) is 0 Å². The largest absolute Gasteiger partial charge is 0.399 e. The summed E-state index contributed by atoms with van der Waals surface area (Å²) in [5, 5.41) is 2.47. The molecular formula is C15H21N. The Bertz CT molecular complexity index is 495. The molecule has 16 heavy (non-hydrogen) atoms. The van der Waals surface area contributed by atoms with E-state index in [9.17, 15) is 0 Å². The number of hydrogen-bond acceptors (Lipinski definition) is 1. The van der Waals surface area contributed by atoms with Crippen LogP contribution in [0.2, 0.25) is 0 Å². The van der Waals surface area contributed by atoms with Gasteiger partial charge in [0.2, 0.25) is 0 Å². The molecule has 0 aliphatic carbocycles. The van der Waals surface area contributed by atoms with E-state index in [1.54, 1.807) is 0 Å². The zero-order chi connectivity index (χ0) is 12.1. The predicted molar refractivity (Wildman–Crippen MR) is 72.4 cm³/mol. The molecule has 0 atom stereocenters. The zero-order valence-electron chi connectivity index (χ0n) is 10.5. The average Bonchev–Trinajstić information content (AvgIpc) is 2.16. The van der Waals surface area contributed by atoms with Crippen molar-refractivity contribution in [1.29, 1.82) is 0 Å². The Morgan fingerprint density at radius 3 is 2.62 bits per heavy atom. The lowest BCUT2D eigenvalue weighted by Gasteiger charge is -2.04. The summed E-state index contributed by atoms with van der Waals surface area (Å²) >= 11 is 0. The molecule has 86 valence electrons. The number of allylic oxidation sites excluding steroid dienone is 1. The van der Waals surface area contributed by atoms with E-state index >= 15 is 0 Å². The van der Waals surface area contributed by atoms with Crippen LogP contribution < -0.4 is 16.2 Å². The van der Waals surface area contributed by atoms with Gasteiger partial charge in [-0.25, -0.2) is 0 Å². The second-order valence-corrected chi connectivity index (χ2v) is 4.18. The maximum atomic E-state index is 5.66. The lowest BCUT2D eigenvalue weighted by Crippen LogP contribution is -2.29. The highest BCUT2D eigenvalue weighted by molar-refractivity contribution is 5.46. The summed E-state index contributed by atoms with van der Waals surface area (Å²) in [5.41, 5.74) is 8.95. The molecule has 0 spiro atoms. The van der Waals surface area contributed by atoms with Gasteiger partial charge in [0.05, 0.1) is 0 Å². The van der Waals surface area contributed by atoms with Gasteiger partial charge >= 0.3 is 0 Å². The van der Waals surface area contributed by atoms with Crippen LogP contribution >= 0.6 is 0 Å². The maximum absolute atomic E-state index is 5.66. The molecule has 0 fully saturated rings. The number of benzene rings is 1. The van der Waals surface area contributed by atoms with Crippen LogP contribution in [0.25, 0.3) is 12.2 Å². The highest BCUT2D eigenvalue weighted by atomic mass is 14.5. The molecule has 0 bridgehead atoms. The van der Waals surface area contributed by atoms with Crippen molar-refractivity contribution in [3.63, 3.8) is 0 Å². The quantitative estimate of drug-likeness (QED) is 0.820. The molecule has 0 aliphatic rings. The van der Waals surface area contributed by atoms with Gasteiger partial charge in [-0.3, -0.25) is 0 Å². The summed E-state index contributed by atoms with van der Waals surface area (Å²) < 4.78 is 0. The molecule has 0 saturated carbocycles. The minimum Gasteiger partial charge on any atom is -0.399 e. The van der Waals surface area contributed by atoms with E-state index in [1.165, 1.54) is 21.6 Å². The van der Waals surface area contributed by atoms with Crippen molar-refractivity contribution in [3.8, 4) is 0 Å². The van der Waals surface area contributed by atoms with Crippen molar-refractivity contribution in [3.05, 3.63) is 46.0 Å². The molecule has 1 aromatic rings. The molecule has 2 N–H and O–H groups in total. The van der Waals surface area contributed by atoms with Crippen molar-refractivity contribution < 1.29 is 0 Å².